The van der Waals surface area contributed by atoms with E-state index in [0.717, 1.165) is 14.8 Å². The van der Waals surface area contributed by atoms with Crippen molar-refractivity contribution in [2.24, 2.45) is 5.92 Å². The van der Waals surface area contributed by atoms with E-state index in [2.05, 4.69) is 27.9 Å². The monoisotopic (exact) mass is 496 g/mol. The predicted octanol–water partition coefficient (Wildman–Crippen LogP) is 3.94. The van der Waals surface area contributed by atoms with Crippen LogP contribution in [0.3, 0.4) is 0 Å². The molecule has 0 saturated carbocycles. The van der Waals surface area contributed by atoms with Gasteiger partial charge in [0.05, 0.1) is 0 Å². The SMILES string of the molecule is O=C(Nc1ccc(I)cc1)C1CCN(S(=O)(=O)C=Cc2ccccc2)CC1. The number of anilines is 1. The Morgan fingerprint density at radius 2 is 1.67 bits per heavy atom. The predicted molar refractivity (Wildman–Crippen MR) is 116 cm³/mol. The average molecular weight is 496 g/mol. The van der Waals surface area contributed by atoms with Crippen molar-refractivity contribution < 1.29 is 13.2 Å². The van der Waals surface area contributed by atoms with Crippen LogP contribution in [-0.2, 0) is 14.8 Å². The Kier molecular flexibility index (Phi) is 6.67. The summed E-state index contributed by atoms with van der Waals surface area (Å²) in [5.41, 5.74) is 1.61. The molecule has 0 atom stereocenters. The molecule has 3 rings (SSSR count). The van der Waals surface area contributed by atoms with Crippen molar-refractivity contribution in [1.82, 2.24) is 4.31 Å². The molecule has 5 nitrogen and oxygen atoms in total. The van der Waals surface area contributed by atoms with E-state index in [9.17, 15) is 13.2 Å². The fourth-order valence-corrected chi connectivity index (χ4v) is 4.55. The molecule has 0 aliphatic carbocycles. The van der Waals surface area contributed by atoms with E-state index in [1.165, 1.54) is 9.71 Å². The van der Waals surface area contributed by atoms with Crippen molar-refractivity contribution in [2.75, 3.05) is 18.4 Å². The fraction of sp³-hybridized carbons (Fsp3) is 0.250. The van der Waals surface area contributed by atoms with Crippen molar-refractivity contribution >= 4 is 50.3 Å². The van der Waals surface area contributed by atoms with Crippen molar-refractivity contribution in [3.63, 3.8) is 0 Å². The van der Waals surface area contributed by atoms with Crippen LogP contribution in [0.25, 0.3) is 6.08 Å². The molecule has 1 aliphatic heterocycles. The summed E-state index contributed by atoms with van der Waals surface area (Å²) in [6, 6.07) is 16.9. The van der Waals surface area contributed by atoms with Gasteiger partial charge in [-0.1, -0.05) is 30.3 Å². The molecule has 1 fully saturated rings. The third kappa shape index (κ3) is 5.63. The fourth-order valence-electron chi connectivity index (χ4n) is 2.96. The molecule has 1 amide bonds. The van der Waals surface area contributed by atoms with Gasteiger partial charge in [0.25, 0.3) is 0 Å². The number of nitrogens with one attached hydrogen (secondary N) is 1. The summed E-state index contributed by atoms with van der Waals surface area (Å²) in [7, 11) is -3.47. The second-order valence-corrected chi connectivity index (χ2v) is 9.49. The highest BCUT2D eigenvalue weighted by Crippen LogP contribution is 2.22. The number of hydrogen-bond acceptors (Lipinski definition) is 3. The van der Waals surface area contributed by atoms with E-state index in [1.54, 1.807) is 6.08 Å². The maximum atomic E-state index is 12.5. The summed E-state index contributed by atoms with van der Waals surface area (Å²) in [6.45, 7) is 0.707. The van der Waals surface area contributed by atoms with Gasteiger partial charge < -0.3 is 5.32 Å². The second kappa shape index (κ2) is 8.99. The third-order valence-electron chi connectivity index (χ3n) is 4.53. The maximum absolute atomic E-state index is 12.5. The normalized spacial score (nSPS) is 16.5. The van der Waals surface area contributed by atoms with Crippen LogP contribution in [-0.4, -0.2) is 31.7 Å². The quantitative estimate of drug-likeness (QED) is 0.638. The number of rotatable bonds is 5. The Morgan fingerprint density at radius 1 is 1.04 bits per heavy atom. The van der Waals surface area contributed by atoms with Crippen molar-refractivity contribution in [3.05, 3.63) is 69.1 Å². The third-order valence-corrected chi connectivity index (χ3v) is 6.81. The van der Waals surface area contributed by atoms with E-state index in [-0.39, 0.29) is 11.8 Å². The summed E-state index contributed by atoms with van der Waals surface area (Å²) in [6.07, 6.45) is 2.65. The van der Waals surface area contributed by atoms with Crippen LogP contribution in [0.4, 0.5) is 5.69 Å². The van der Waals surface area contributed by atoms with Crippen LogP contribution in [0.15, 0.2) is 60.0 Å². The number of nitrogens with zero attached hydrogens (tertiary/aromatic N) is 1. The van der Waals surface area contributed by atoms with Crippen LogP contribution >= 0.6 is 22.6 Å². The summed E-state index contributed by atoms with van der Waals surface area (Å²) in [5, 5.41) is 4.16. The zero-order valence-electron chi connectivity index (χ0n) is 14.7. The Bertz CT molecular complexity index is 904. The van der Waals surface area contributed by atoms with Crippen LogP contribution in [0, 0.1) is 9.49 Å². The second-order valence-electron chi connectivity index (χ2n) is 6.43. The molecule has 0 spiro atoms. The first kappa shape index (κ1) is 20.0. The van der Waals surface area contributed by atoms with Crippen molar-refractivity contribution in [2.45, 2.75) is 12.8 Å². The van der Waals surface area contributed by atoms with Gasteiger partial charge in [0, 0.05) is 33.7 Å². The Hall–Kier alpha value is -1.71. The molecular formula is C20H21IN2O3S. The molecule has 0 radical (unpaired) electrons. The lowest BCUT2D eigenvalue weighted by Crippen LogP contribution is -2.40. The van der Waals surface area contributed by atoms with E-state index < -0.39 is 10.0 Å². The highest BCUT2D eigenvalue weighted by atomic mass is 127. The molecule has 0 bridgehead atoms. The molecule has 2 aromatic rings. The minimum Gasteiger partial charge on any atom is -0.326 e. The van der Waals surface area contributed by atoms with E-state index >= 15 is 0 Å². The minimum absolute atomic E-state index is 0.0481. The molecule has 1 N–H and O–H groups in total. The van der Waals surface area contributed by atoms with Crippen LogP contribution < -0.4 is 5.32 Å². The molecule has 2 aromatic carbocycles. The Balaban J connectivity index is 1.55. The zero-order valence-corrected chi connectivity index (χ0v) is 17.7. The first-order valence-electron chi connectivity index (χ1n) is 8.74. The van der Waals surface area contributed by atoms with Gasteiger partial charge in [-0.25, -0.2) is 8.42 Å². The first-order chi connectivity index (χ1) is 12.9. The van der Waals surface area contributed by atoms with Gasteiger partial charge in [0.15, 0.2) is 0 Å². The van der Waals surface area contributed by atoms with Gasteiger partial charge >= 0.3 is 0 Å². The molecule has 1 heterocycles. The summed E-state index contributed by atoms with van der Waals surface area (Å²) in [4.78, 5) is 12.4. The van der Waals surface area contributed by atoms with Gasteiger partial charge in [-0.3, -0.25) is 4.79 Å². The van der Waals surface area contributed by atoms with Crippen LogP contribution in [0.1, 0.15) is 18.4 Å². The lowest BCUT2D eigenvalue weighted by molar-refractivity contribution is -0.120. The van der Waals surface area contributed by atoms with Crippen molar-refractivity contribution in [1.29, 1.82) is 0 Å². The summed E-state index contributed by atoms with van der Waals surface area (Å²) >= 11 is 2.21. The number of benzene rings is 2. The Morgan fingerprint density at radius 3 is 2.30 bits per heavy atom. The van der Waals surface area contributed by atoms with Gasteiger partial charge in [-0.2, -0.15) is 4.31 Å². The molecular weight excluding hydrogens is 475 g/mol. The maximum Gasteiger partial charge on any atom is 0.236 e. The van der Waals surface area contributed by atoms with Gasteiger partial charge in [0.1, 0.15) is 0 Å². The van der Waals surface area contributed by atoms with Gasteiger partial charge in [-0.15, -0.1) is 0 Å². The average Bonchev–Trinajstić information content (AvgIpc) is 2.69. The standard InChI is InChI=1S/C20H21IN2O3S/c21-18-6-8-19(9-7-18)22-20(24)17-10-13-23(14-11-17)27(25,26)15-12-16-4-2-1-3-5-16/h1-9,12,15,17H,10-11,13-14H2,(H,22,24). The molecule has 27 heavy (non-hydrogen) atoms. The lowest BCUT2D eigenvalue weighted by Gasteiger charge is -2.29. The number of piperidine rings is 1. The molecule has 1 aliphatic rings. The van der Waals surface area contributed by atoms with Crippen LogP contribution in [0.2, 0.25) is 0 Å². The Labute approximate surface area is 173 Å². The van der Waals surface area contributed by atoms with E-state index in [4.69, 9.17) is 0 Å². The number of carbonyl (C=O) groups is 1. The number of carbonyl (C=O) groups excluding carboxylic acids is 1. The minimum atomic E-state index is -3.47. The number of amides is 1. The van der Waals surface area contributed by atoms with Crippen LogP contribution in [0.5, 0.6) is 0 Å². The highest BCUT2D eigenvalue weighted by Gasteiger charge is 2.29. The van der Waals surface area contributed by atoms with Gasteiger partial charge in [-0.05, 0) is 71.3 Å². The summed E-state index contributed by atoms with van der Waals surface area (Å²) in [5.74, 6) is -0.220. The molecule has 1 saturated heterocycles. The molecule has 142 valence electrons. The molecule has 0 unspecified atom stereocenters. The molecule has 0 aromatic heterocycles. The van der Waals surface area contributed by atoms with E-state index in [1.807, 2.05) is 54.6 Å². The van der Waals surface area contributed by atoms with Crippen molar-refractivity contribution in [3.8, 4) is 0 Å². The number of halogens is 1. The first-order valence-corrected chi connectivity index (χ1v) is 11.3. The molecule has 7 heteroatoms. The summed E-state index contributed by atoms with van der Waals surface area (Å²) < 4.78 is 27.5. The zero-order chi connectivity index (χ0) is 19.3. The van der Waals surface area contributed by atoms with E-state index in [0.29, 0.717) is 25.9 Å². The topological polar surface area (TPSA) is 66.5 Å². The number of sulfonamides is 1. The number of hydrogen-bond donors (Lipinski definition) is 1. The highest BCUT2D eigenvalue weighted by molar-refractivity contribution is 14.1. The largest absolute Gasteiger partial charge is 0.326 e. The van der Waals surface area contributed by atoms with Gasteiger partial charge in [0.2, 0.25) is 15.9 Å². The lowest BCUT2D eigenvalue weighted by atomic mass is 9.97. The smallest absolute Gasteiger partial charge is 0.236 e.